The molecule has 2 aromatic heterocycles. The third-order valence-electron chi connectivity index (χ3n) is 4.45. The van der Waals surface area contributed by atoms with Crippen molar-refractivity contribution < 1.29 is 17.9 Å². The second kappa shape index (κ2) is 6.19. The van der Waals surface area contributed by atoms with E-state index < -0.39 is 6.36 Å². The summed E-state index contributed by atoms with van der Waals surface area (Å²) in [7, 11) is 0. The first kappa shape index (κ1) is 16.7. The average Bonchev–Trinajstić information content (AvgIpc) is 3.01. The Labute approximate surface area is 147 Å². The van der Waals surface area contributed by atoms with Gasteiger partial charge in [-0.05, 0) is 37.6 Å². The van der Waals surface area contributed by atoms with Gasteiger partial charge in [-0.25, -0.2) is 4.98 Å². The Morgan fingerprint density at radius 3 is 2.92 bits per heavy atom. The lowest BCUT2D eigenvalue weighted by Crippen LogP contribution is -2.30. The number of anilines is 1. The highest BCUT2D eigenvalue weighted by molar-refractivity contribution is 5.92. The first-order valence-electron chi connectivity index (χ1n) is 8.31. The van der Waals surface area contributed by atoms with Crippen molar-refractivity contribution in [2.24, 2.45) is 0 Å². The Hall–Kier alpha value is -2.77. The van der Waals surface area contributed by atoms with Crippen LogP contribution in [0.2, 0.25) is 0 Å². The zero-order valence-electron chi connectivity index (χ0n) is 14.0. The molecule has 1 aliphatic rings. The van der Waals surface area contributed by atoms with Crippen LogP contribution in [0.3, 0.4) is 0 Å². The maximum absolute atomic E-state index is 12.5. The molecule has 8 heteroatoms. The molecule has 0 aliphatic carbocycles. The second-order valence-corrected chi connectivity index (χ2v) is 6.41. The van der Waals surface area contributed by atoms with Gasteiger partial charge in [-0.3, -0.25) is 4.98 Å². The summed E-state index contributed by atoms with van der Waals surface area (Å²) in [5.74, 6) is 0.753. The van der Waals surface area contributed by atoms with Gasteiger partial charge in [0.05, 0.1) is 5.52 Å². The first-order valence-corrected chi connectivity index (χ1v) is 8.31. The van der Waals surface area contributed by atoms with E-state index in [0.717, 1.165) is 36.6 Å². The van der Waals surface area contributed by atoms with Crippen LogP contribution in [0.5, 0.6) is 5.75 Å². The maximum atomic E-state index is 12.5. The minimum absolute atomic E-state index is 0.155. The number of nitrogens with zero attached hydrogens (tertiary/aromatic N) is 3. The van der Waals surface area contributed by atoms with Crippen molar-refractivity contribution in [1.82, 2.24) is 14.5 Å². The van der Waals surface area contributed by atoms with Gasteiger partial charge >= 0.3 is 6.36 Å². The number of fused-ring (bicyclic) bond motifs is 2. The molecule has 0 radical (unpaired) electrons. The molecule has 1 aromatic carbocycles. The minimum Gasteiger partial charge on any atom is -0.406 e. The van der Waals surface area contributed by atoms with Crippen LogP contribution in [-0.2, 0) is 13.0 Å². The number of alkyl halides is 3. The fraction of sp³-hybridized carbons (Fsp3) is 0.333. The average molecular weight is 362 g/mol. The predicted molar refractivity (Wildman–Crippen MR) is 91.1 cm³/mol. The third-order valence-corrected chi connectivity index (χ3v) is 4.45. The van der Waals surface area contributed by atoms with E-state index in [1.807, 2.05) is 19.2 Å². The van der Waals surface area contributed by atoms with Gasteiger partial charge in [0.15, 0.2) is 0 Å². The number of pyridine rings is 1. The Morgan fingerprint density at radius 1 is 1.27 bits per heavy atom. The number of rotatable bonds is 3. The minimum atomic E-state index is -4.72. The standard InChI is InChI=1S/C18H17F3N4O/c1-11-8-16(24-12-4-6-25-7-5-22-17(25)9-12)14-10-13(26-18(19,20)21)2-3-15(14)23-11/h2-3,5,7-8,10,12H,4,6,9H2,1H3,(H,23,24). The number of imidazole rings is 1. The quantitative estimate of drug-likeness (QED) is 0.763. The Balaban J connectivity index is 1.66. The molecule has 0 saturated carbocycles. The topological polar surface area (TPSA) is 52.0 Å². The van der Waals surface area contributed by atoms with Gasteiger partial charge < -0.3 is 14.6 Å². The molecule has 5 nitrogen and oxygen atoms in total. The number of aryl methyl sites for hydroxylation is 2. The van der Waals surface area contributed by atoms with Crippen LogP contribution in [-0.4, -0.2) is 26.9 Å². The molecule has 1 atom stereocenters. The summed E-state index contributed by atoms with van der Waals surface area (Å²) in [6, 6.07) is 6.20. The van der Waals surface area contributed by atoms with E-state index in [9.17, 15) is 13.2 Å². The Kier molecular flexibility index (Phi) is 3.97. The highest BCUT2D eigenvalue weighted by Crippen LogP contribution is 2.31. The van der Waals surface area contributed by atoms with E-state index in [4.69, 9.17) is 0 Å². The summed E-state index contributed by atoms with van der Waals surface area (Å²) in [4.78, 5) is 8.75. The molecule has 0 spiro atoms. The van der Waals surface area contributed by atoms with Crippen molar-refractivity contribution in [2.45, 2.75) is 38.7 Å². The number of ether oxygens (including phenoxy) is 1. The summed E-state index contributed by atoms with van der Waals surface area (Å²) in [6.45, 7) is 2.72. The highest BCUT2D eigenvalue weighted by atomic mass is 19.4. The monoisotopic (exact) mass is 362 g/mol. The van der Waals surface area contributed by atoms with Gasteiger partial charge in [-0.1, -0.05) is 0 Å². The molecule has 3 heterocycles. The van der Waals surface area contributed by atoms with E-state index in [2.05, 4.69) is 24.6 Å². The van der Waals surface area contributed by atoms with E-state index in [0.29, 0.717) is 10.9 Å². The normalized spacial score (nSPS) is 17.2. The molecule has 136 valence electrons. The summed E-state index contributed by atoms with van der Waals surface area (Å²) < 4.78 is 43.7. The van der Waals surface area contributed by atoms with Crippen molar-refractivity contribution in [1.29, 1.82) is 0 Å². The fourth-order valence-corrected chi connectivity index (χ4v) is 3.35. The molecule has 26 heavy (non-hydrogen) atoms. The summed E-state index contributed by atoms with van der Waals surface area (Å²) in [6.07, 6.45) is 0.683. The van der Waals surface area contributed by atoms with Crippen LogP contribution in [0, 0.1) is 6.92 Å². The highest BCUT2D eigenvalue weighted by Gasteiger charge is 2.31. The Bertz CT molecular complexity index is 951. The number of benzene rings is 1. The van der Waals surface area contributed by atoms with Crippen LogP contribution in [0.4, 0.5) is 18.9 Å². The van der Waals surface area contributed by atoms with Gasteiger partial charge in [0, 0.05) is 48.2 Å². The van der Waals surface area contributed by atoms with Crippen LogP contribution in [0.1, 0.15) is 17.9 Å². The predicted octanol–water partition coefficient (Wildman–Crippen LogP) is 4.07. The lowest BCUT2D eigenvalue weighted by Gasteiger charge is -2.26. The van der Waals surface area contributed by atoms with Crippen LogP contribution < -0.4 is 10.1 Å². The van der Waals surface area contributed by atoms with Crippen molar-refractivity contribution in [2.75, 3.05) is 5.32 Å². The molecule has 0 saturated heterocycles. The summed E-state index contributed by atoms with van der Waals surface area (Å²) in [5, 5.41) is 4.06. The zero-order valence-corrected chi connectivity index (χ0v) is 14.0. The van der Waals surface area contributed by atoms with Crippen LogP contribution in [0.15, 0.2) is 36.7 Å². The summed E-state index contributed by atoms with van der Waals surface area (Å²) in [5.41, 5.74) is 2.17. The molecule has 1 aliphatic heterocycles. The first-order chi connectivity index (χ1) is 12.4. The molecule has 0 fully saturated rings. The lowest BCUT2D eigenvalue weighted by atomic mass is 10.0. The van der Waals surface area contributed by atoms with Crippen molar-refractivity contribution in [3.63, 3.8) is 0 Å². The second-order valence-electron chi connectivity index (χ2n) is 6.41. The molecular formula is C18H17F3N4O. The van der Waals surface area contributed by atoms with Crippen molar-refractivity contribution in [3.05, 3.63) is 48.2 Å². The van der Waals surface area contributed by atoms with Gasteiger partial charge in [0.25, 0.3) is 0 Å². The summed E-state index contributed by atoms with van der Waals surface area (Å²) >= 11 is 0. The van der Waals surface area contributed by atoms with Crippen molar-refractivity contribution >= 4 is 16.6 Å². The molecule has 0 amide bonds. The van der Waals surface area contributed by atoms with Gasteiger partial charge in [0.1, 0.15) is 11.6 Å². The number of hydrogen-bond acceptors (Lipinski definition) is 4. The fourth-order valence-electron chi connectivity index (χ4n) is 3.35. The van der Waals surface area contributed by atoms with Gasteiger partial charge in [-0.15, -0.1) is 13.2 Å². The SMILES string of the molecule is Cc1cc(NC2CCn3ccnc3C2)c2cc(OC(F)(F)F)ccc2n1. The van der Waals surface area contributed by atoms with Crippen molar-refractivity contribution in [3.8, 4) is 5.75 Å². The van der Waals surface area contributed by atoms with E-state index in [-0.39, 0.29) is 11.8 Å². The molecule has 0 bridgehead atoms. The number of hydrogen-bond donors (Lipinski definition) is 1. The largest absolute Gasteiger partial charge is 0.573 e. The van der Waals surface area contributed by atoms with Gasteiger partial charge in [-0.2, -0.15) is 0 Å². The maximum Gasteiger partial charge on any atom is 0.573 e. The Morgan fingerprint density at radius 2 is 2.12 bits per heavy atom. The van der Waals surface area contributed by atoms with Gasteiger partial charge in [0.2, 0.25) is 0 Å². The van der Waals surface area contributed by atoms with Crippen LogP contribution >= 0.6 is 0 Å². The van der Waals surface area contributed by atoms with E-state index in [1.165, 1.54) is 12.1 Å². The third kappa shape index (κ3) is 3.44. The molecule has 1 N–H and O–H groups in total. The number of nitrogens with one attached hydrogen (secondary N) is 1. The molecule has 1 unspecified atom stereocenters. The molecule has 4 rings (SSSR count). The molecular weight excluding hydrogens is 345 g/mol. The van der Waals surface area contributed by atoms with E-state index >= 15 is 0 Å². The number of aromatic nitrogens is 3. The van der Waals surface area contributed by atoms with Crippen LogP contribution in [0.25, 0.3) is 10.9 Å². The lowest BCUT2D eigenvalue weighted by molar-refractivity contribution is -0.274. The zero-order chi connectivity index (χ0) is 18.3. The smallest absolute Gasteiger partial charge is 0.406 e. The number of halogens is 3. The van der Waals surface area contributed by atoms with E-state index in [1.54, 1.807) is 12.3 Å². The molecule has 3 aromatic rings.